The quantitative estimate of drug-likeness (QED) is 0.0345. The van der Waals surface area contributed by atoms with Crippen molar-refractivity contribution in [1.82, 2.24) is 4.90 Å². The topological polar surface area (TPSA) is 138 Å². The summed E-state index contributed by atoms with van der Waals surface area (Å²) < 4.78 is 39.0. The lowest BCUT2D eigenvalue weighted by atomic mass is 9.55. The molecule has 358 valence electrons. The van der Waals surface area contributed by atoms with Gasteiger partial charge in [0.2, 0.25) is 12.1 Å². The Hall–Kier alpha value is -4.37. The first-order valence-electron chi connectivity index (χ1n) is 24.2. The van der Waals surface area contributed by atoms with Gasteiger partial charge in [-0.3, -0.25) is 4.90 Å². The summed E-state index contributed by atoms with van der Waals surface area (Å²) in [7, 11) is 0. The number of hydrogen-bond acceptors (Lipinski definition) is 12. The normalized spacial score (nSPS) is 24.9. The van der Waals surface area contributed by atoms with E-state index < -0.39 is 30.1 Å². The summed E-state index contributed by atoms with van der Waals surface area (Å²) in [5, 5.41) is 24.9. The van der Waals surface area contributed by atoms with Crippen molar-refractivity contribution in [2.75, 3.05) is 58.5 Å². The number of thioether (sulfide) groups is 1. The maximum absolute atomic E-state index is 14.6. The van der Waals surface area contributed by atoms with Gasteiger partial charge in [-0.1, -0.05) is 85.6 Å². The highest BCUT2D eigenvalue weighted by Crippen LogP contribution is 2.62. The molecule has 3 aromatic rings. The van der Waals surface area contributed by atoms with Crippen LogP contribution in [0.3, 0.4) is 0 Å². The van der Waals surface area contributed by atoms with E-state index in [0.717, 1.165) is 78.9 Å². The molecule has 13 heteroatoms. The molecule has 1 saturated heterocycles. The first kappa shape index (κ1) is 49.5. The van der Waals surface area contributed by atoms with Gasteiger partial charge in [0.1, 0.15) is 24.1 Å². The van der Waals surface area contributed by atoms with Gasteiger partial charge in [0.05, 0.1) is 44.7 Å². The predicted molar refractivity (Wildman–Crippen MR) is 257 cm³/mol. The molecular weight excluding hydrogens is 857 g/mol. The molecule has 2 N–H and O–H groups in total. The van der Waals surface area contributed by atoms with Crippen LogP contribution in [0.5, 0.6) is 11.5 Å². The Morgan fingerprint density at radius 3 is 2.50 bits per heavy atom. The van der Waals surface area contributed by atoms with E-state index in [2.05, 4.69) is 30.9 Å². The third kappa shape index (κ3) is 12.6. The van der Waals surface area contributed by atoms with Crippen LogP contribution in [0.4, 0.5) is 4.79 Å². The Balaban J connectivity index is 1.30. The molecule has 7 rings (SSSR count). The fraction of sp³-hybridized carbons (Fsp3) is 0.547. The van der Waals surface area contributed by atoms with Crippen LogP contribution in [0, 0.1) is 17.8 Å². The maximum Gasteiger partial charge on any atom is 0.410 e. The summed E-state index contributed by atoms with van der Waals surface area (Å²) in [6, 6.07) is 25.6. The van der Waals surface area contributed by atoms with Crippen molar-refractivity contribution in [3.63, 3.8) is 0 Å². The molecule has 1 saturated carbocycles. The van der Waals surface area contributed by atoms with E-state index >= 15 is 0 Å². The monoisotopic (exact) mass is 926 g/mol. The van der Waals surface area contributed by atoms with E-state index in [0.29, 0.717) is 51.4 Å². The van der Waals surface area contributed by atoms with E-state index in [1.165, 1.54) is 4.90 Å². The van der Waals surface area contributed by atoms with Crippen LogP contribution in [0.25, 0.3) is 0 Å². The van der Waals surface area contributed by atoms with Crippen LogP contribution in [0.15, 0.2) is 113 Å². The van der Waals surface area contributed by atoms with Gasteiger partial charge in [-0.25, -0.2) is 4.79 Å². The number of oxime groups is 1. The SMILES string of the molecule is C=CCOC12Oc3ccc(OCCSc4ccccc4)cc3C3C(CCCCO)C(CCCCO)C=C(C(=NOC4CCCCO4)CC1N(CCC)C(=O)OCCOCc1ccccc1)C32. The molecule has 12 nitrogen and oxygen atoms in total. The number of benzene rings is 3. The smallest absolute Gasteiger partial charge is 0.410 e. The Labute approximate surface area is 395 Å². The van der Waals surface area contributed by atoms with Crippen LogP contribution in [-0.2, 0) is 30.4 Å². The summed E-state index contributed by atoms with van der Waals surface area (Å²) >= 11 is 1.75. The number of aliphatic hydroxyl groups excluding tert-OH is 2. The second-order valence-electron chi connectivity index (χ2n) is 17.5. The number of ether oxygens (including phenoxy) is 6. The van der Waals surface area contributed by atoms with Gasteiger partial charge in [-0.15, -0.1) is 18.3 Å². The Morgan fingerprint density at radius 2 is 1.76 bits per heavy atom. The molecule has 2 heterocycles. The van der Waals surface area contributed by atoms with Crippen molar-refractivity contribution in [3.8, 4) is 11.5 Å². The molecule has 7 unspecified atom stereocenters. The number of nitrogens with zero attached hydrogens (tertiary/aromatic N) is 2. The first-order chi connectivity index (χ1) is 32.5. The molecule has 0 bridgehead atoms. The highest BCUT2D eigenvalue weighted by molar-refractivity contribution is 7.99. The van der Waals surface area contributed by atoms with Gasteiger partial charge in [-0.05, 0) is 98.2 Å². The number of carbonyl (C=O) groups excluding carboxylic acids is 1. The molecule has 3 aromatic carbocycles. The average Bonchev–Trinajstić information content (AvgIpc) is 3.35. The van der Waals surface area contributed by atoms with Crippen LogP contribution in [-0.4, -0.2) is 104 Å². The molecule has 0 aromatic heterocycles. The molecule has 1 amide bonds. The number of hydrogen-bond donors (Lipinski definition) is 2. The Bertz CT molecular complexity index is 2010. The number of fused-ring (bicyclic) bond motifs is 2. The zero-order valence-electron chi connectivity index (χ0n) is 38.6. The van der Waals surface area contributed by atoms with E-state index in [4.69, 9.17) is 38.4 Å². The molecule has 7 atom stereocenters. The molecule has 0 radical (unpaired) electrons. The number of unbranched alkanes of at least 4 members (excludes halogenated alkanes) is 2. The van der Waals surface area contributed by atoms with Crippen LogP contribution >= 0.6 is 11.8 Å². The number of carbonyl (C=O) groups is 1. The first-order valence-corrected chi connectivity index (χ1v) is 25.2. The standard InChI is InChI=1S/C53H70N2O10S/c1-3-26-55(52(58)62-32-31-59-38-39-17-7-5-8-18-39)48-37-46(54-65-49-23-13-16-30-61-49)44-35-40(19-11-14-27-56)43(22-12-15-28-57)50-45-36-41(60-33-34-66-42-20-9-6-10-21-42)24-25-47(45)64-53(48,51(44)50)63-29-4-2/h4-10,17-18,20-21,24-25,35-36,40,43,48-51,56-57H,2-3,11-16,19,22-23,26-34,37-38H2,1H3. The van der Waals surface area contributed by atoms with Crippen molar-refractivity contribution in [2.24, 2.45) is 22.9 Å². The van der Waals surface area contributed by atoms with Gasteiger partial charge >= 0.3 is 6.09 Å². The Kier molecular flexibility index (Phi) is 19.3. The van der Waals surface area contributed by atoms with E-state index in [9.17, 15) is 15.0 Å². The summed E-state index contributed by atoms with van der Waals surface area (Å²) in [4.78, 5) is 23.9. The van der Waals surface area contributed by atoms with E-state index in [1.54, 1.807) is 22.7 Å². The summed E-state index contributed by atoms with van der Waals surface area (Å²) in [5.41, 5.74) is 3.74. The third-order valence-corrected chi connectivity index (χ3v) is 14.0. The van der Waals surface area contributed by atoms with Gasteiger partial charge in [-0.2, -0.15) is 0 Å². The number of rotatable bonds is 26. The largest absolute Gasteiger partial charge is 0.493 e. The Morgan fingerprint density at radius 1 is 0.970 bits per heavy atom. The molecule has 2 aliphatic heterocycles. The van der Waals surface area contributed by atoms with Crippen molar-refractivity contribution < 1.29 is 48.3 Å². The van der Waals surface area contributed by atoms with Crippen molar-refractivity contribution in [3.05, 3.63) is 114 Å². The highest BCUT2D eigenvalue weighted by atomic mass is 32.2. The summed E-state index contributed by atoms with van der Waals surface area (Å²) in [6.45, 7) is 8.70. The minimum absolute atomic E-state index is 0.0676. The zero-order chi connectivity index (χ0) is 46.0. The summed E-state index contributed by atoms with van der Waals surface area (Å²) in [6.07, 6.45) is 11.4. The fourth-order valence-electron chi connectivity index (χ4n) is 10.1. The van der Waals surface area contributed by atoms with Crippen LogP contribution < -0.4 is 9.47 Å². The minimum Gasteiger partial charge on any atom is -0.493 e. The van der Waals surface area contributed by atoms with Gasteiger partial charge in [0, 0.05) is 54.7 Å². The number of aliphatic hydroxyl groups is 2. The molecule has 2 aliphatic carbocycles. The van der Waals surface area contributed by atoms with Gasteiger partial charge < -0.3 is 43.5 Å². The van der Waals surface area contributed by atoms with Crippen molar-refractivity contribution in [1.29, 1.82) is 0 Å². The van der Waals surface area contributed by atoms with E-state index in [-0.39, 0.29) is 57.2 Å². The maximum atomic E-state index is 14.6. The summed E-state index contributed by atoms with van der Waals surface area (Å²) in [5.74, 6) is 0.360. The van der Waals surface area contributed by atoms with E-state index in [1.807, 2.05) is 67.6 Å². The zero-order valence-corrected chi connectivity index (χ0v) is 39.5. The lowest BCUT2D eigenvalue weighted by molar-refractivity contribution is -0.255. The lowest BCUT2D eigenvalue weighted by Gasteiger charge is -2.60. The number of amides is 1. The average molecular weight is 927 g/mol. The van der Waals surface area contributed by atoms with Gasteiger partial charge in [0.15, 0.2) is 0 Å². The second kappa shape index (κ2) is 25.7. The molecule has 4 aliphatic rings. The third-order valence-electron chi connectivity index (χ3n) is 13.1. The highest BCUT2D eigenvalue weighted by Gasteiger charge is 2.65. The molecule has 0 spiro atoms. The van der Waals surface area contributed by atoms with Crippen molar-refractivity contribution >= 4 is 23.6 Å². The number of allylic oxidation sites excluding steroid dienone is 1. The molecule has 66 heavy (non-hydrogen) atoms. The second-order valence-corrected chi connectivity index (χ2v) is 18.7. The van der Waals surface area contributed by atoms with Crippen LogP contribution in [0.1, 0.15) is 94.6 Å². The van der Waals surface area contributed by atoms with Gasteiger partial charge in [0.25, 0.3) is 0 Å². The molecule has 2 fully saturated rings. The van der Waals surface area contributed by atoms with Crippen LogP contribution in [0.2, 0.25) is 0 Å². The minimum atomic E-state index is -1.39. The lowest BCUT2D eigenvalue weighted by Crippen LogP contribution is -2.70. The predicted octanol–water partition coefficient (Wildman–Crippen LogP) is 10.1. The fourth-order valence-corrected chi connectivity index (χ4v) is 10.9. The molecular formula is C53H70N2O10S. The van der Waals surface area contributed by atoms with Crippen molar-refractivity contribution in [2.45, 2.75) is 113 Å².